The molecule has 4 heteroatoms. The molecule has 0 atom stereocenters. The van der Waals surface area contributed by atoms with Gasteiger partial charge in [-0.05, 0) is 18.1 Å². The Balaban J connectivity index is 1.81. The maximum atomic E-state index is 6.06. The number of anilines is 1. The number of rotatable bonds is 3. The van der Waals surface area contributed by atoms with Gasteiger partial charge in [0.05, 0.1) is 17.4 Å². The van der Waals surface area contributed by atoms with E-state index in [9.17, 15) is 0 Å². The Morgan fingerprint density at radius 1 is 0.955 bits per heavy atom. The molecule has 0 bridgehead atoms. The van der Waals surface area contributed by atoms with Gasteiger partial charge >= 0.3 is 0 Å². The molecule has 2 aromatic heterocycles. The van der Waals surface area contributed by atoms with E-state index in [1.165, 1.54) is 5.56 Å². The largest absolute Gasteiger partial charge is 0.382 e. The van der Waals surface area contributed by atoms with Gasteiger partial charge in [0.1, 0.15) is 5.52 Å². The molecule has 4 nitrogen and oxygen atoms in total. The van der Waals surface area contributed by atoms with Gasteiger partial charge in [-0.15, -0.1) is 0 Å². The average molecular weight is 288 g/mol. The predicted molar refractivity (Wildman–Crippen MR) is 89.6 cm³/mol. The minimum absolute atomic E-state index is 0.493. The second kappa shape index (κ2) is 5.15. The molecule has 22 heavy (non-hydrogen) atoms. The van der Waals surface area contributed by atoms with Gasteiger partial charge in [0, 0.05) is 11.9 Å². The number of benzene rings is 2. The molecule has 0 aliphatic rings. The van der Waals surface area contributed by atoms with Crippen LogP contribution in [0.2, 0.25) is 0 Å². The van der Waals surface area contributed by atoms with Crippen molar-refractivity contribution < 1.29 is 0 Å². The minimum atomic E-state index is 0.493. The molecule has 0 saturated heterocycles. The molecule has 2 heterocycles. The standard InChI is InChI=1S/C18H16N4/c19-18-16-17(14-8-4-5-9-15(14)21-18)22(12-20-16)11-10-13-6-2-1-3-7-13/h1-9,12H,10-11H2,(H2,19,21). The molecule has 2 N–H and O–H groups in total. The van der Waals surface area contributed by atoms with E-state index in [0.29, 0.717) is 5.82 Å². The van der Waals surface area contributed by atoms with Crippen molar-refractivity contribution in [1.29, 1.82) is 0 Å². The number of aryl methyl sites for hydroxylation is 2. The molecule has 0 amide bonds. The van der Waals surface area contributed by atoms with Crippen molar-refractivity contribution in [2.24, 2.45) is 0 Å². The Kier molecular flexibility index (Phi) is 3.00. The van der Waals surface area contributed by atoms with Gasteiger partial charge in [-0.25, -0.2) is 9.97 Å². The normalized spacial score (nSPS) is 11.3. The molecule has 0 spiro atoms. The summed E-state index contributed by atoms with van der Waals surface area (Å²) in [5.74, 6) is 0.493. The molecular weight excluding hydrogens is 272 g/mol. The number of para-hydroxylation sites is 1. The van der Waals surface area contributed by atoms with Crippen molar-refractivity contribution >= 4 is 27.8 Å². The zero-order valence-corrected chi connectivity index (χ0v) is 12.1. The Labute approximate surface area is 128 Å². The first-order chi connectivity index (χ1) is 10.8. The Morgan fingerprint density at radius 3 is 2.59 bits per heavy atom. The first-order valence-corrected chi connectivity index (χ1v) is 7.36. The monoisotopic (exact) mass is 288 g/mol. The van der Waals surface area contributed by atoms with E-state index in [-0.39, 0.29) is 0 Å². The van der Waals surface area contributed by atoms with Crippen LogP contribution in [0.3, 0.4) is 0 Å². The van der Waals surface area contributed by atoms with Crippen LogP contribution in [0.4, 0.5) is 5.82 Å². The molecule has 0 fully saturated rings. The lowest BCUT2D eigenvalue weighted by molar-refractivity contribution is 0.717. The van der Waals surface area contributed by atoms with Crippen molar-refractivity contribution in [2.45, 2.75) is 13.0 Å². The summed E-state index contributed by atoms with van der Waals surface area (Å²) in [5.41, 5.74) is 10.1. The van der Waals surface area contributed by atoms with Crippen LogP contribution in [0.5, 0.6) is 0 Å². The van der Waals surface area contributed by atoms with Crippen LogP contribution in [0.25, 0.3) is 21.9 Å². The van der Waals surface area contributed by atoms with E-state index < -0.39 is 0 Å². The number of hydrogen-bond acceptors (Lipinski definition) is 3. The number of nitrogens with zero attached hydrogens (tertiary/aromatic N) is 3. The molecule has 2 aromatic carbocycles. The van der Waals surface area contributed by atoms with Gasteiger partial charge in [-0.3, -0.25) is 0 Å². The quantitative estimate of drug-likeness (QED) is 0.628. The van der Waals surface area contributed by atoms with Crippen molar-refractivity contribution in [3.05, 3.63) is 66.5 Å². The lowest BCUT2D eigenvalue weighted by Crippen LogP contribution is -2.01. The Morgan fingerprint density at radius 2 is 1.73 bits per heavy atom. The second-order valence-electron chi connectivity index (χ2n) is 5.38. The Hall–Kier alpha value is -2.88. The SMILES string of the molecule is Nc1nc2ccccc2c2c1ncn2CCc1ccccc1. The molecule has 4 rings (SSSR count). The summed E-state index contributed by atoms with van der Waals surface area (Å²) < 4.78 is 2.17. The zero-order valence-electron chi connectivity index (χ0n) is 12.1. The summed E-state index contributed by atoms with van der Waals surface area (Å²) in [5, 5.41) is 1.09. The van der Waals surface area contributed by atoms with Crippen molar-refractivity contribution in [3.63, 3.8) is 0 Å². The van der Waals surface area contributed by atoms with Crippen molar-refractivity contribution in [2.75, 3.05) is 5.73 Å². The highest BCUT2D eigenvalue weighted by Gasteiger charge is 2.11. The molecule has 4 aromatic rings. The fraction of sp³-hybridized carbons (Fsp3) is 0.111. The maximum absolute atomic E-state index is 6.06. The number of nitrogen functional groups attached to an aromatic ring is 1. The summed E-state index contributed by atoms with van der Waals surface area (Å²) in [4.78, 5) is 8.89. The lowest BCUT2D eigenvalue weighted by atomic mass is 10.1. The minimum Gasteiger partial charge on any atom is -0.382 e. The Bertz CT molecular complexity index is 941. The zero-order chi connectivity index (χ0) is 14.9. The molecule has 0 saturated carbocycles. The third-order valence-corrected chi connectivity index (χ3v) is 3.96. The van der Waals surface area contributed by atoms with Gasteiger partial charge in [-0.2, -0.15) is 0 Å². The summed E-state index contributed by atoms with van der Waals surface area (Å²) in [6.45, 7) is 0.869. The summed E-state index contributed by atoms with van der Waals surface area (Å²) in [6.07, 6.45) is 2.82. The van der Waals surface area contributed by atoms with Crippen LogP contribution in [-0.2, 0) is 13.0 Å². The first kappa shape index (κ1) is 12.8. The second-order valence-corrected chi connectivity index (χ2v) is 5.38. The fourth-order valence-corrected chi connectivity index (χ4v) is 2.87. The van der Waals surface area contributed by atoms with E-state index in [2.05, 4.69) is 44.9 Å². The molecular formula is C18H16N4. The predicted octanol–water partition coefficient (Wildman–Crippen LogP) is 3.41. The smallest absolute Gasteiger partial charge is 0.152 e. The highest BCUT2D eigenvalue weighted by Crippen LogP contribution is 2.27. The van der Waals surface area contributed by atoms with E-state index in [1.807, 2.05) is 30.6 Å². The van der Waals surface area contributed by atoms with Gasteiger partial charge in [-0.1, -0.05) is 48.5 Å². The summed E-state index contributed by atoms with van der Waals surface area (Å²) in [6, 6.07) is 18.5. The van der Waals surface area contributed by atoms with Crippen LogP contribution in [-0.4, -0.2) is 14.5 Å². The number of aromatic nitrogens is 3. The molecule has 0 aliphatic carbocycles. The van der Waals surface area contributed by atoms with Gasteiger partial charge in [0.25, 0.3) is 0 Å². The third kappa shape index (κ3) is 2.09. The van der Waals surface area contributed by atoms with Crippen molar-refractivity contribution in [3.8, 4) is 0 Å². The number of hydrogen-bond donors (Lipinski definition) is 1. The van der Waals surface area contributed by atoms with Crippen LogP contribution < -0.4 is 5.73 Å². The van der Waals surface area contributed by atoms with E-state index in [1.54, 1.807) is 0 Å². The van der Waals surface area contributed by atoms with E-state index >= 15 is 0 Å². The lowest BCUT2D eigenvalue weighted by Gasteiger charge is -2.07. The van der Waals surface area contributed by atoms with Crippen LogP contribution in [0.15, 0.2) is 60.9 Å². The molecule has 0 radical (unpaired) electrons. The summed E-state index contributed by atoms with van der Waals surface area (Å²) in [7, 11) is 0. The highest BCUT2D eigenvalue weighted by molar-refractivity contribution is 6.06. The topological polar surface area (TPSA) is 56.7 Å². The van der Waals surface area contributed by atoms with E-state index in [0.717, 1.165) is 34.9 Å². The van der Waals surface area contributed by atoms with Crippen LogP contribution in [0.1, 0.15) is 5.56 Å². The molecule has 0 aliphatic heterocycles. The average Bonchev–Trinajstić information content (AvgIpc) is 2.99. The van der Waals surface area contributed by atoms with Crippen LogP contribution in [0, 0.1) is 0 Å². The summed E-state index contributed by atoms with van der Waals surface area (Å²) >= 11 is 0. The van der Waals surface area contributed by atoms with Gasteiger partial charge < -0.3 is 10.3 Å². The van der Waals surface area contributed by atoms with Crippen LogP contribution >= 0.6 is 0 Å². The molecule has 0 unspecified atom stereocenters. The fourth-order valence-electron chi connectivity index (χ4n) is 2.87. The van der Waals surface area contributed by atoms with Crippen molar-refractivity contribution in [1.82, 2.24) is 14.5 Å². The third-order valence-electron chi connectivity index (χ3n) is 3.96. The number of pyridine rings is 1. The van der Waals surface area contributed by atoms with Gasteiger partial charge in [0.2, 0.25) is 0 Å². The van der Waals surface area contributed by atoms with Gasteiger partial charge in [0.15, 0.2) is 5.82 Å². The number of imidazole rings is 1. The number of nitrogens with two attached hydrogens (primary N) is 1. The maximum Gasteiger partial charge on any atom is 0.152 e. The highest BCUT2D eigenvalue weighted by atomic mass is 15.1. The first-order valence-electron chi connectivity index (χ1n) is 7.36. The molecule has 108 valence electrons. The van der Waals surface area contributed by atoms with E-state index in [4.69, 9.17) is 5.73 Å². The number of fused-ring (bicyclic) bond motifs is 3.